The minimum Gasteiger partial charge on any atom is -0.341 e. The molecule has 1 aliphatic heterocycles. The van der Waals surface area contributed by atoms with Gasteiger partial charge in [0, 0.05) is 45.1 Å². The SMILES string of the molecule is C[C@H]1CN(Cc2nc3c(F)cccc3[nH]2)CCN1Cc1nccn1C. The molecular formula is C18H23FN6. The number of piperazine rings is 1. The fourth-order valence-corrected chi connectivity index (χ4v) is 3.51. The van der Waals surface area contributed by atoms with Crippen molar-refractivity contribution in [2.75, 3.05) is 19.6 Å². The zero-order valence-electron chi connectivity index (χ0n) is 14.6. The van der Waals surface area contributed by atoms with Crippen LogP contribution in [0.3, 0.4) is 0 Å². The van der Waals surface area contributed by atoms with Gasteiger partial charge >= 0.3 is 0 Å². The number of aryl methyl sites for hydroxylation is 1. The van der Waals surface area contributed by atoms with E-state index in [0.717, 1.165) is 43.3 Å². The van der Waals surface area contributed by atoms with Crippen molar-refractivity contribution in [3.05, 3.63) is 48.1 Å². The highest BCUT2D eigenvalue weighted by atomic mass is 19.1. The number of para-hydroxylation sites is 1. The number of H-pyrrole nitrogens is 1. The largest absolute Gasteiger partial charge is 0.341 e. The van der Waals surface area contributed by atoms with E-state index in [4.69, 9.17) is 0 Å². The number of aromatic amines is 1. The van der Waals surface area contributed by atoms with Crippen molar-refractivity contribution in [3.8, 4) is 0 Å². The fourth-order valence-electron chi connectivity index (χ4n) is 3.51. The van der Waals surface area contributed by atoms with Gasteiger partial charge in [0.05, 0.1) is 18.6 Å². The molecule has 1 aromatic carbocycles. The topological polar surface area (TPSA) is 53.0 Å². The van der Waals surface area contributed by atoms with Gasteiger partial charge < -0.3 is 9.55 Å². The summed E-state index contributed by atoms with van der Waals surface area (Å²) in [5.74, 6) is 1.64. The molecule has 1 N–H and O–H groups in total. The minimum atomic E-state index is -0.270. The Bertz CT molecular complexity index is 869. The molecule has 3 aromatic rings. The Morgan fingerprint density at radius 3 is 2.88 bits per heavy atom. The molecule has 132 valence electrons. The van der Waals surface area contributed by atoms with Crippen LogP contribution in [0.25, 0.3) is 11.0 Å². The van der Waals surface area contributed by atoms with Crippen molar-refractivity contribution < 1.29 is 4.39 Å². The Balaban J connectivity index is 1.40. The third-order valence-electron chi connectivity index (χ3n) is 5.00. The lowest BCUT2D eigenvalue weighted by molar-refractivity contribution is 0.0694. The van der Waals surface area contributed by atoms with Gasteiger partial charge in [-0.15, -0.1) is 0 Å². The van der Waals surface area contributed by atoms with Crippen LogP contribution >= 0.6 is 0 Å². The number of halogens is 1. The number of fused-ring (bicyclic) bond motifs is 1. The summed E-state index contributed by atoms with van der Waals surface area (Å²) < 4.78 is 15.9. The van der Waals surface area contributed by atoms with Gasteiger partial charge in [0.1, 0.15) is 17.2 Å². The summed E-state index contributed by atoms with van der Waals surface area (Å²) in [6, 6.07) is 5.46. The number of rotatable bonds is 4. The molecule has 0 amide bonds. The first-order valence-electron chi connectivity index (χ1n) is 8.66. The van der Waals surface area contributed by atoms with Crippen molar-refractivity contribution in [2.45, 2.75) is 26.1 Å². The lowest BCUT2D eigenvalue weighted by Gasteiger charge is -2.39. The number of hydrogen-bond donors (Lipinski definition) is 1. The Morgan fingerprint density at radius 2 is 2.16 bits per heavy atom. The molecule has 25 heavy (non-hydrogen) atoms. The van der Waals surface area contributed by atoms with Crippen LogP contribution in [0.5, 0.6) is 0 Å². The zero-order chi connectivity index (χ0) is 17.4. The Hall–Kier alpha value is -2.25. The maximum absolute atomic E-state index is 13.8. The molecule has 1 fully saturated rings. The van der Waals surface area contributed by atoms with E-state index in [1.54, 1.807) is 6.07 Å². The molecule has 4 rings (SSSR count). The van der Waals surface area contributed by atoms with Crippen LogP contribution in [0.15, 0.2) is 30.6 Å². The number of benzene rings is 1. The monoisotopic (exact) mass is 342 g/mol. The van der Waals surface area contributed by atoms with Crippen LogP contribution in [0, 0.1) is 5.82 Å². The van der Waals surface area contributed by atoms with E-state index in [1.165, 1.54) is 6.07 Å². The average Bonchev–Trinajstić information content (AvgIpc) is 3.17. The van der Waals surface area contributed by atoms with E-state index in [1.807, 2.05) is 25.5 Å². The van der Waals surface area contributed by atoms with Gasteiger partial charge in [0.25, 0.3) is 0 Å². The van der Waals surface area contributed by atoms with E-state index in [2.05, 4.69) is 36.2 Å². The smallest absolute Gasteiger partial charge is 0.151 e. The molecule has 0 unspecified atom stereocenters. The van der Waals surface area contributed by atoms with Crippen LogP contribution in [-0.4, -0.2) is 55.0 Å². The fraction of sp³-hybridized carbons (Fsp3) is 0.444. The maximum Gasteiger partial charge on any atom is 0.151 e. The summed E-state index contributed by atoms with van der Waals surface area (Å²) in [7, 11) is 2.03. The standard InChI is InChI=1S/C18H23FN6/c1-13-10-24(8-9-25(13)12-17-20-6-7-23(17)2)11-16-21-15-5-3-4-14(19)18(15)22-16/h3-7,13H,8-12H2,1-2H3,(H,21,22)/t13-/m0/s1. The summed E-state index contributed by atoms with van der Waals surface area (Å²) in [5, 5.41) is 0. The second-order valence-corrected chi connectivity index (χ2v) is 6.83. The molecule has 0 radical (unpaired) electrons. The minimum absolute atomic E-state index is 0.270. The first-order chi connectivity index (χ1) is 12.1. The number of hydrogen-bond acceptors (Lipinski definition) is 4. The Morgan fingerprint density at radius 1 is 1.28 bits per heavy atom. The van der Waals surface area contributed by atoms with Crippen molar-refractivity contribution in [1.82, 2.24) is 29.3 Å². The number of aromatic nitrogens is 4. The van der Waals surface area contributed by atoms with E-state index < -0.39 is 0 Å². The predicted molar refractivity (Wildman–Crippen MR) is 94.4 cm³/mol. The number of nitrogens with zero attached hydrogens (tertiary/aromatic N) is 5. The second-order valence-electron chi connectivity index (χ2n) is 6.83. The Labute approximate surface area is 146 Å². The molecule has 0 bridgehead atoms. The first kappa shape index (κ1) is 16.2. The van der Waals surface area contributed by atoms with E-state index in [9.17, 15) is 4.39 Å². The predicted octanol–water partition coefficient (Wildman–Crippen LogP) is 2.14. The molecule has 1 atom stereocenters. The van der Waals surface area contributed by atoms with E-state index in [-0.39, 0.29) is 5.82 Å². The molecule has 0 aliphatic carbocycles. The molecule has 0 spiro atoms. The van der Waals surface area contributed by atoms with E-state index >= 15 is 0 Å². The quantitative estimate of drug-likeness (QED) is 0.789. The summed E-state index contributed by atoms with van der Waals surface area (Å²) in [4.78, 5) is 16.9. The molecule has 3 heterocycles. The summed E-state index contributed by atoms with van der Waals surface area (Å²) >= 11 is 0. The average molecular weight is 342 g/mol. The normalized spacial score (nSPS) is 19.7. The van der Waals surface area contributed by atoms with Crippen molar-refractivity contribution in [2.24, 2.45) is 7.05 Å². The van der Waals surface area contributed by atoms with Gasteiger partial charge in [-0.05, 0) is 19.1 Å². The molecular weight excluding hydrogens is 319 g/mol. The maximum atomic E-state index is 13.8. The lowest BCUT2D eigenvalue weighted by atomic mass is 10.2. The van der Waals surface area contributed by atoms with Crippen LogP contribution < -0.4 is 0 Å². The number of nitrogens with one attached hydrogen (secondary N) is 1. The summed E-state index contributed by atoms with van der Waals surface area (Å²) in [6.45, 7) is 6.75. The van der Waals surface area contributed by atoms with Gasteiger partial charge in [0.2, 0.25) is 0 Å². The third kappa shape index (κ3) is 3.29. The third-order valence-corrected chi connectivity index (χ3v) is 5.00. The first-order valence-corrected chi connectivity index (χ1v) is 8.66. The van der Waals surface area contributed by atoms with Crippen molar-refractivity contribution in [3.63, 3.8) is 0 Å². The molecule has 7 heteroatoms. The number of imidazole rings is 2. The highest BCUT2D eigenvalue weighted by Gasteiger charge is 2.25. The van der Waals surface area contributed by atoms with Crippen LogP contribution in [-0.2, 0) is 20.1 Å². The van der Waals surface area contributed by atoms with E-state index in [0.29, 0.717) is 18.1 Å². The van der Waals surface area contributed by atoms with Crippen LogP contribution in [0.4, 0.5) is 4.39 Å². The van der Waals surface area contributed by atoms with Gasteiger partial charge in [-0.25, -0.2) is 14.4 Å². The van der Waals surface area contributed by atoms with Gasteiger partial charge in [-0.3, -0.25) is 9.80 Å². The molecule has 2 aromatic heterocycles. The van der Waals surface area contributed by atoms with Crippen LogP contribution in [0.2, 0.25) is 0 Å². The molecule has 0 saturated carbocycles. The lowest BCUT2D eigenvalue weighted by Crippen LogP contribution is -2.51. The molecule has 1 saturated heterocycles. The zero-order valence-corrected chi connectivity index (χ0v) is 14.6. The molecule has 1 aliphatic rings. The van der Waals surface area contributed by atoms with Gasteiger partial charge in [0.15, 0.2) is 5.82 Å². The Kier molecular flexibility index (Phi) is 4.27. The van der Waals surface area contributed by atoms with Gasteiger partial charge in [-0.2, -0.15) is 0 Å². The molecule has 6 nitrogen and oxygen atoms in total. The highest BCUT2D eigenvalue weighted by molar-refractivity contribution is 5.75. The van der Waals surface area contributed by atoms with Gasteiger partial charge in [-0.1, -0.05) is 6.07 Å². The highest BCUT2D eigenvalue weighted by Crippen LogP contribution is 2.18. The van der Waals surface area contributed by atoms with Crippen molar-refractivity contribution >= 4 is 11.0 Å². The second kappa shape index (κ2) is 6.57. The summed E-state index contributed by atoms with van der Waals surface area (Å²) in [6.07, 6.45) is 3.83. The van der Waals surface area contributed by atoms with Crippen molar-refractivity contribution in [1.29, 1.82) is 0 Å². The summed E-state index contributed by atoms with van der Waals surface area (Å²) in [5.41, 5.74) is 1.19. The van der Waals surface area contributed by atoms with Crippen LogP contribution in [0.1, 0.15) is 18.6 Å².